The van der Waals surface area contributed by atoms with Crippen LogP contribution >= 0.6 is 39.1 Å². The van der Waals surface area contributed by atoms with Crippen LogP contribution in [0.4, 0.5) is 17.1 Å². The number of benzene rings is 2. The molecule has 0 saturated carbocycles. The lowest BCUT2D eigenvalue weighted by Crippen LogP contribution is -1.97. The minimum Gasteiger partial charge on any atom is -0.396 e. The molecule has 0 bridgehead atoms. The Labute approximate surface area is 118 Å². The molecule has 0 fully saturated rings. The molecule has 17 heavy (non-hydrogen) atoms. The molecular formula is C12H9BrCl2N2. The number of nitrogen functional groups attached to an aromatic ring is 1. The number of halogens is 3. The predicted molar refractivity (Wildman–Crippen MR) is 78.3 cm³/mol. The second-order valence-electron chi connectivity index (χ2n) is 3.43. The molecule has 0 amide bonds. The number of hydrogen-bond acceptors (Lipinski definition) is 2. The molecule has 88 valence electrons. The first-order chi connectivity index (χ1) is 8.09. The van der Waals surface area contributed by atoms with E-state index in [1.807, 2.05) is 24.3 Å². The zero-order valence-electron chi connectivity index (χ0n) is 8.68. The lowest BCUT2D eigenvalue weighted by atomic mass is 10.2. The summed E-state index contributed by atoms with van der Waals surface area (Å²) in [6, 6.07) is 11.0. The van der Waals surface area contributed by atoms with Crippen LogP contribution in [0.5, 0.6) is 0 Å². The summed E-state index contributed by atoms with van der Waals surface area (Å²) < 4.78 is 0.793. The monoisotopic (exact) mass is 330 g/mol. The van der Waals surface area contributed by atoms with Gasteiger partial charge in [-0.25, -0.2) is 0 Å². The van der Waals surface area contributed by atoms with Crippen LogP contribution in [0.3, 0.4) is 0 Å². The van der Waals surface area contributed by atoms with Gasteiger partial charge >= 0.3 is 0 Å². The predicted octanol–water partition coefficient (Wildman–Crippen LogP) is 5.08. The quantitative estimate of drug-likeness (QED) is 0.753. The Hall–Kier alpha value is -0.900. The van der Waals surface area contributed by atoms with E-state index >= 15 is 0 Å². The third kappa shape index (κ3) is 2.68. The third-order valence-corrected chi connectivity index (χ3v) is 4.00. The average Bonchev–Trinajstić information content (AvgIpc) is 2.31. The lowest BCUT2D eigenvalue weighted by molar-refractivity contribution is 1.52. The van der Waals surface area contributed by atoms with Gasteiger partial charge in [0.05, 0.1) is 31.6 Å². The second kappa shape index (κ2) is 5.17. The van der Waals surface area contributed by atoms with E-state index in [-0.39, 0.29) is 0 Å². The Morgan fingerprint density at radius 1 is 0.941 bits per heavy atom. The highest BCUT2D eigenvalue weighted by Gasteiger charge is 2.07. The van der Waals surface area contributed by atoms with Crippen molar-refractivity contribution in [2.45, 2.75) is 0 Å². The largest absolute Gasteiger partial charge is 0.396 e. The van der Waals surface area contributed by atoms with Crippen molar-refractivity contribution >= 4 is 56.2 Å². The van der Waals surface area contributed by atoms with Gasteiger partial charge < -0.3 is 11.1 Å². The molecule has 0 heterocycles. The summed E-state index contributed by atoms with van der Waals surface area (Å²) in [5, 5.41) is 4.34. The van der Waals surface area contributed by atoms with E-state index in [1.165, 1.54) is 0 Å². The van der Waals surface area contributed by atoms with E-state index in [1.54, 1.807) is 12.1 Å². The molecule has 0 radical (unpaired) electrons. The van der Waals surface area contributed by atoms with Gasteiger partial charge in [0.15, 0.2) is 0 Å². The van der Waals surface area contributed by atoms with E-state index in [0.717, 1.165) is 15.8 Å². The van der Waals surface area contributed by atoms with Crippen molar-refractivity contribution in [3.63, 3.8) is 0 Å². The fourth-order valence-corrected chi connectivity index (χ4v) is 2.10. The van der Waals surface area contributed by atoms with Gasteiger partial charge in [0, 0.05) is 0 Å². The summed E-state index contributed by atoms with van der Waals surface area (Å²) in [5.74, 6) is 0. The van der Waals surface area contributed by atoms with Crippen molar-refractivity contribution in [3.8, 4) is 0 Å². The zero-order valence-corrected chi connectivity index (χ0v) is 11.8. The molecule has 0 aliphatic carbocycles. The molecule has 0 aromatic heterocycles. The maximum absolute atomic E-state index is 6.01. The number of rotatable bonds is 2. The van der Waals surface area contributed by atoms with Gasteiger partial charge in [-0.1, -0.05) is 35.3 Å². The highest BCUT2D eigenvalue weighted by atomic mass is 79.9. The minimum absolute atomic E-state index is 0.515. The summed E-state index contributed by atoms with van der Waals surface area (Å²) >= 11 is 15.4. The second-order valence-corrected chi connectivity index (χ2v) is 5.03. The fraction of sp³-hybridized carbons (Fsp3) is 0. The van der Waals surface area contributed by atoms with Crippen molar-refractivity contribution in [2.75, 3.05) is 11.1 Å². The maximum Gasteiger partial charge on any atom is 0.0742 e. The Morgan fingerprint density at radius 3 is 2.24 bits per heavy atom. The zero-order chi connectivity index (χ0) is 12.4. The van der Waals surface area contributed by atoms with E-state index in [9.17, 15) is 0 Å². The lowest BCUT2D eigenvalue weighted by Gasteiger charge is -2.12. The molecule has 5 heteroatoms. The van der Waals surface area contributed by atoms with E-state index < -0.39 is 0 Å². The van der Waals surface area contributed by atoms with Crippen LogP contribution in [0, 0.1) is 0 Å². The SMILES string of the molecule is Nc1c(Cl)cccc1Nc1cccc(Cl)c1Br. The summed E-state index contributed by atoms with van der Waals surface area (Å²) in [4.78, 5) is 0. The van der Waals surface area contributed by atoms with Crippen LogP contribution in [0.2, 0.25) is 10.0 Å². The van der Waals surface area contributed by atoms with Crippen molar-refractivity contribution in [1.29, 1.82) is 0 Å². The molecule has 3 N–H and O–H groups in total. The first-order valence-corrected chi connectivity index (χ1v) is 6.39. The highest BCUT2D eigenvalue weighted by molar-refractivity contribution is 9.10. The van der Waals surface area contributed by atoms with Gasteiger partial charge in [-0.05, 0) is 40.2 Å². The molecule has 0 aliphatic heterocycles. The van der Waals surface area contributed by atoms with Crippen LogP contribution in [0.25, 0.3) is 0 Å². The molecule has 0 unspecified atom stereocenters. The van der Waals surface area contributed by atoms with Crippen LogP contribution in [-0.4, -0.2) is 0 Å². The fourth-order valence-electron chi connectivity index (χ4n) is 1.39. The minimum atomic E-state index is 0.515. The van der Waals surface area contributed by atoms with Crippen LogP contribution < -0.4 is 11.1 Å². The van der Waals surface area contributed by atoms with Gasteiger partial charge in [-0.15, -0.1) is 0 Å². The van der Waals surface area contributed by atoms with E-state index in [2.05, 4.69) is 21.2 Å². The van der Waals surface area contributed by atoms with Crippen LogP contribution in [0.15, 0.2) is 40.9 Å². The van der Waals surface area contributed by atoms with Gasteiger partial charge in [-0.2, -0.15) is 0 Å². The van der Waals surface area contributed by atoms with Crippen LogP contribution in [0.1, 0.15) is 0 Å². The maximum atomic E-state index is 6.01. The smallest absolute Gasteiger partial charge is 0.0742 e. The molecule has 2 aromatic carbocycles. The Kier molecular flexibility index (Phi) is 3.82. The summed E-state index contributed by atoms with van der Waals surface area (Å²) in [7, 11) is 0. The summed E-state index contributed by atoms with van der Waals surface area (Å²) in [6.07, 6.45) is 0. The van der Waals surface area contributed by atoms with Gasteiger partial charge in [-0.3, -0.25) is 0 Å². The molecule has 2 nitrogen and oxygen atoms in total. The molecule has 0 spiro atoms. The molecule has 0 saturated heterocycles. The first-order valence-electron chi connectivity index (χ1n) is 4.84. The standard InChI is InChI=1S/C12H9BrCl2N2/c13-11-7(14)3-1-5-9(11)17-10-6-2-4-8(15)12(10)16/h1-6,17H,16H2. The van der Waals surface area contributed by atoms with E-state index in [4.69, 9.17) is 28.9 Å². The van der Waals surface area contributed by atoms with Crippen molar-refractivity contribution < 1.29 is 0 Å². The summed E-state index contributed by atoms with van der Waals surface area (Å²) in [6.45, 7) is 0. The Balaban J connectivity index is 2.38. The number of anilines is 3. The first kappa shape index (κ1) is 12.6. The van der Waals surface area contributed by atoms with E-state index in [0.29, 0.717) is 15.7 Å². The van der Waals surface area contributed by atoms with Gasteiger partial charge in [0.1, 0.15) is 0 Å². The molecule has 0 aliphatic rings. The molecule has 2 rings (SSSR count). The molecular weight excluding hydrogens is 323 g/mol. The van der Waals surface area contributed by atoms with Crippen LogP contribution in [-0.2, 0) is 0 Å². The highest BCUT2D eigenvalue weighted by Crippen LogP contribution is 2.35. The Bertz CT molecular complexity index is 509. The Morgan fingerprint density at radius 2 is 1.53 bits per heavy atom. The number of nitrogens with one attached hydrogen (secondary N) is 1. The number of hydrogen-bond donors (Lipinski definition) is 2. The molecule has 0 atom stereocenters. The third-order valence-electron chi connectivity index (χ3n) is 2.27. The van der Waals surface area contributed by atoms with Gasteiger partial charge in [0.25, 0.3) is 0 Å². The average molecular weight is 332 g/mol. The molecule has 2 aromatic rings. The summed E-state index contributed by atoms with van der Waals surface area (Å²) in [5.41, 5.74) is 7.98. The van der Waals surface area contributed by atoms with Crippen molar-refractivity contribution in [2.24, 2.45) is 0 Å². The number of nitrogens with two attached hydrogens (primary N) is 1. The topological polar surface area (TPSA) is 38.0 Å². The normalized spacial score (nSPS) is 10.3. The number of para-hydroxylation sites is 1. The van der Waals surface area contributed by atoms with Crippen molar-refractivity contribution in [1.82, 2.24) is 0 Å². The van der Waals surface area contributed by atoms with Gasteiger partial charge in [0.2, 0.25) is 0 Å². The van der Waals surface area contributed by atoms with Crippen molar-refractivity contribution in [3.05, 3.63) is 50.9 Å².